The molecule has 1 aliphatic carbocycles. The molecule has 0 bridgehead atoms. The predicted molar refractivity (Wildman–Crippen MR) is 64.9 cm³/mol. The molecular formula is C13H25NO. The fraction of sp³-hybridized carbons (Fsp3) is 0.846. The zero-order valence-electron chi connectivity index (χ0n) is 9.97. The summed E-state index contributed by atoms with van der Waals surface area (Å²) in [6, 6.07) is 0. The number of hydrogen-bond acceptors (Lipinski definition) is 2. The van der Waals surface area contributed by atoms with E-state index in [4.69, 9.17) is 0 Å². The minimum absolute atomic E-state index is 0.439. The molecule has 0 amide bonds. The summed E-state index contributed by atoms with van der Waals surface area (Å²) < 4.78 is 0. The number of hydrogen-bond donors (Lipinski definition) is 2. The Bertz CT molecular complexity index is 193. The molecule has 2 nitrogen and oxygen atoms in total. The monoisotopic (exact) mass is 211 g/mol. The number of nitrogens with one attached hydrogen (secondary N) is 1. The van der Waals surface area contributed by atoms with E-state index in [1.54, 1.807) is 0 Å². The summed E-state index contributed by atoms with van der Waals surface area (Å²) in [6.45, 7) is 7.68. The molecule has 0 radical (unpaired) electrons. The molecule has 15 heavy (non-hydrogen) atoms. The maximum atomic E-state index is 10.3. The van der Waals surface area contributed by atoms with Gasteiger partial charge in [0, 0.05) is 6.54 Å². The third kappa shape index (κ3) is 4.80. The van der Waals surface area contributed by atoms with Gasteiger partial charge in [-0.2, -0.15) is 0 Å². The highest BCUT2D eigenvalue weighted by molar-refractivity contribution is 4.86. The highest BCUT2D eigenvalue weighted by atomic mass is 16.3. The fourth-order valence-electron chi connectivity index (χ4n) is 2.49. The lowest BCUT2D eigenvalue weighted by molar-refractivity contribution is -0.0115. The molecule has 0 aliphatic heterocycles. The van der Waals surface area contributed by atoms with Crippen LogP contribution in [0.15, 0.2) is 12.7 Å². The van der Waals surface area contributed by atoms with Gasteiger partial charge in [-0.05, 0) is 38.1 Å². The van der Waals surface area contributed by atoms with Crippen molar-refractivity contribution in [1.29, 1.82) is 0 Å². The van der Waals surface area contributed by atoms with Crippen LogP contribution in [0.4, 0.5) is 0 Å². The molecular weight excluding hydrogens is 186 g/mol. The summed E-state index contributed by atoms with van der Waals surface area (Å²) in [5.41, 5.74) is -0.439. The SMILES string of the molecule is C=CCCCNCC1(O)CCCC(C)C1. The Kier molecular flexibility index (Phi) is 5.34. The first-order valence-electron chi connectivity index (χ1n) is 6.20. The first-order valence-corrected chi connectivity index (χ1v) is 6.20. The highest BCUT2D eigenvalue weighted by Gasteiger charge is 2.31. The lowest BCUT2D eigenvalue weighted by Gasteiger charge is -2.35. The lowest BCUT2D eigenvalue weighted by atomic mass is 9.79. The molecule has 1 saturated carbocycles. The Morgan fingerprint density at radius 2 is 2.40 bits per heavy atom. The summed E-state index contributed by atoms with van der Waals surface area (Å²) >= 11 is 0. The van der Waals surface area contributed by atoms with E-state index in [1.165, 1.54) is 12.8 Å². The topological polar surface area (TPSA) is 32.3 Å². The Balaban J connectivity index is 2.15. The van der Waals surface area contributed by atoms with Crippen molar-refractivity contribution in [3.8, 4) is 0 Å². The van der Waals surface area contributed by atoms with Crippen molar-refractivity contribution in [3.63, 3.8) is 0 Å². The molecule has 1 fully saturated rings. The molecule has 2 heteroatoms. The minimum atomic E-state index is -0.439. The maximum absolute atomic E-state index is 10.3. The van der Waals surface area contributed by atoms with E-state index in [-0.39, 0.29) is 0 Å². The van der Waals surface area contributed by atoms with Crippen LogP contribution in [-0.4, -0.2) is 23.8 Å². The van der Waals surface area contributed by atoms with E-state index in [1.807, 2.05) is 6.08 Å². The zero-order valence-corrected chi connectivity index (χ0v) is 9.97. The number of rotatable bonds is 6. The second-order valence-corrected chi connectivity index (χ2v) is 5.03. The van der Waals surface area contributed by atoms with Crippen molar-refractivity contribution >= 4 is 0 Å². The normalized spacial score (nSPS) is 31.5. The Labute approximate surface area is 93.8 Å². The van der Waals surface area contributed by atoms with Crippen LogP contribution in [0.25, 0.3) is 0 Å². The average Bonchev–Trinajstić information content (AvgIpc) is 2.17. The smallest absolute Gasteiger partial charge is 0.0774 e. The second kappa shape index (κ2) is 6.29. The first kappa shape index (κ1) is 12.7. The van der Waals surface area contributed by atoms with E-state index in [0.717, 1.165) is 38.8 Å². The van der Waals surface area contributed by atoms with Gasteiger partial charge in [0.25, 0.3) is 0 Å². The molecule has 0 saturated heterocycles. The molecule has 88 valence electrons. The maximum Gasteiger partial charge on any atom is 0.0774 e. The Morgan fingerprint density at radius 3 is 3.07 bits per heavy atom. The molecule has 2 N–H and O–H groups in total. The van der Waals surface area contributed by atoms with Crippen LogP contribution in [-0.2, 0) is 0 Å². The minimum Gasteiger partial charge on any atom is -0.389 e. The largest absolute Gasteiger partial charge is 0.389 e. The van der Waals surface area contributed by atoms with Gasteiger partial charge in [0.15, 0.2) is 0 Å². The Morgan fingerprint density at radius 1 is 1.60 bits per heavy atom. The first-order chi connectivity index (χ1) is 7.16. The van der Waals surface area contributed by atoms with E-state index in [9.17, 15) is 5.11 Å². The standard InChI is InChI=1S/C13H25NO/c1-3-4-5-9-14-11-13(15)8-6-7-12(2)10-13/h3,12,14-15H,1,4-11H2,2H3. The van der Waals surface area contributed by atoms with Crippen LogP contribution in [0.3, 0.4) is 0 Å². The van der Waals surface area contributed by atoms with Gasteiger partial charge in [0.05, 0.1) is 5.60 Å². The van der Waals surface area contributed by atoms with Gasteiger partial charge in [-0.25, -0.2) is 0 Å². The molecule has 0 aromatic carbocycles. The summed E-state index contributed by atoms with van der Waals surface area (Å²) in [4.78, 5) is 0. The summed E-state index contributed by atoms with van der Waals surface area (Å²) in [6.07, 6.45) is 8.49. The van der Waals surface area contributed by atoms with Crippen molar-refractivity contribution in [2.45, 2.75) is 51.0 Å². The van der Waals surface area contributed by atoms with Crippen LogP contribution in [0, 0.1) is 5.92 Å². The van der Waals surface area contributed by atoms with E-state index in [0.29, 0.717) is 5.92 Å². The molecule has 0 aromatic heterocycles. The van der Waals surface area contributed by atoms with Gasteiger partial charge in [0.1, 0.15) is 0 Å². The molecule has 1 rings (SSSR count). The second-order valence-electron chi connectivity index (χ2n) is 5.03. The van der Waals surface area contributed by atoms with Crippen molar-refractivity contribution in [2.24, 2.45) is 5.92 Å². The van der Waals surface area contributed by atoms with E-state index in [2.05, 4.69) is 18.8 Å². The van der Waals surface area contributed by atoms with Crippen LogP contribution in [0.1, 0.15) is 45.4 Å². The van der Waals surface area contributed by atoms with Gasteiger partial charge < -0.3 is 10.4 Å². The summed E-state index contributed by atoms with van der Waals surface area (Å²) in [7, 11) is 0. The predicted octanol–water partition coefficient (Wildman–Crippen LogP) is 2.48. The van der Waals surface area contributed by atoms with Crippen molar-refractivity contribution in [3.05, 3.63) is 12.7 Å². The van der Waals surface area contributed by atoms with Crippen molar-refractivity contribution in [1.82, 2.24) is 5.32 Å². The van der Waals surface area contributed by atoms with Gasteiger partial charge in [-0.15, -0.1) is 6.58 Å². The third-order valence-corrected chi connectivity index (χ3v) is 3.28. The van der Waals surface area contributed by atoms with Crippen LogP contribution in [0.5, 0.6) is 0 Å². The quantitative estimate of drug-likeness (QED) is 0.522. The molecule has 0 aromatic rings. The summed E-state index contributed by atoms with van der Waals surface area (Å²) in [5, 5.41) is 13.7. The molecule has 2 atom stereocenters. The zero-order chi connectivity index (χ0) is 11.1. The van der Waals surface area contributed by atoms with Gasteiger partial charge >= 0.3 is 0 Å². The van der Waals surface area contributed by atoms with Crippen molar-refractivity contribution in [2.75, 3.05) is 13.1 Å². The molecule has 2 unspecified atom stereocenters. The number of allylic oxidation sites excluding steroid dienone is 1. The lowest BCUT2D eigenvalue weighted by Crippen LogP contribution is -2.44. The molecule has 1 aliphatic rings. The molecule has 0 heterocycles. The highest BCUT2D eigenvalue weighted by Crippen LogP contribution is 2.31. The van der Waals surface area contributed by atoms with Gasteiger partial charge in [-0.1, -0.05) is 25.8 Å². The summed E-state index contributed by atoms with van der Waals surface area (Å²) in [5.74, 6) is 0.679. The van der Waals surface area contributed by atoms with Gasteiger partial charge in [0.2, 0.25) is 0 Å². The number of unbranched alkanes of at least 4 members (excludes halogenated alkanes) is 1. The van der Waals surface area contributed by atoms with Crippen molar-refractivity contribution < 1.29 is 5.11 Å². The van der Waals surface area contributed by atoms with E-state index >= 15 is 0 Å². The third-order valence-electron chi connectivity index (χ3n) is 3.28. The van der Waals surface area contributed by atoms with E-state index < -0.39 is 5.60 Å². The fourth-order valence-corrected chi connectivity index (χ4v) is 2.49. The van der Waals surface area contributed by atoms with Crippen LogP contribution >= 0.6 is 0 Å². The molecule has 0 spiro atoms. The van der Waals surface area contributed by atoms with Gasteiger partial charge in [-0.3, -0.25) is 0 Å². The Hall–Kier alpha value is -0.340. The van der Waals surface area contributed by atoms with Crippen LogP contribution in [0.2, 0.25) is 0 Å². The number of aliphatic hydroxyl groups is 1. The van der Waals surface area contributed by atoms with Crippen LogP contribution < -0.4 is 5.32 Å². The average molecular weight is 211 g/mol.